The maximum Gasteiger partial charge on any atom is 0.305 e. The molecular formula is C29H43N9O8S2. The molecule has 4 atom stereocenters. The highest BCUT2D eigenvalue weighted by atomic mass is 33.1. The van der Waals surface area contributed by atoms with Gasteiger partial charge in [0.15, 0.2) is 5.96 Å². The Morgan fingerprint density at radius 2 is 1.73 bits per heavy atom. The number of amides is 6. The van der Waals surface area contributed by atoms with Gasteiger partial charge in [0.25, 0.3) is 0 Å². The molecule has 0 radical (unpaired) electrons. The molecule has 0 saturated carbocycles. The highest BCUT2D eigenvalue weighted by Crippen LogP contribution is 2.39. The maximum absolute atomic E-state index is 14.3. The van der Waals surface area contributed by atoms with E-state index in [9.17, 15) is 38.7 Å². The molecule has 1 aliphatic rings. The smallest absolute Gasteiger partial charge is 0.305 e. The fourth-order valence-corrected chi connectivity index (χ4v) is 7.53. The maximum atomic E-state index is 14.3. The van der Waals surface area contributed by atoms with E-state index in [0.29, 0.717) is 5.56 Å². The van der Waals surface area contributed by atoms with Gasteiger partial charge in [0.05, 0.1) is 13.0 Å². The number of guanidine groups is 1. The normalized spacial score (nSPS) is 22.7. The summed E-state index contributed by atoms with van der Waals surface area (Å²) in [5.74, 6) is -6.28. The summed E-state index contributed by atoms with van der Waals surface area (Å²) in [6.07, 6.45) is -0.529. The number of rotatable bonds is 10. The van der Waals surface area contributed by atoms with Crippen molar-refractivity contribution in [1.29, 1.82) is 0 Å². The number of benzene rings is 1. The third-order valence-corrected chi connectivity index (χ3v) is 10.3. The summed E-state index contributed by atoms with van der Waals surface area (Å²) >= 11 is 0. The predicted octanol–water partition coefficient (Wildman–Crippen LogP) is -1.84. The molecule has 2 rings (SSSR count). The first-order chi connectivity index (χ1) is 22.5. The van der Waals surface area contributed by atoms with Gasteiger partial charge in [0.2, 0.25) is 35.4 Å². The number of hydrogen-bond acceptors (Lipinski definition) is 10. The van der Waals surface area contributed by atoms with Gasteiger partial charge in [-0.2, -0.15) is 0 Å². The van der Waals surface area contributed by atoms with Crippen LogP contribution in [0.25, 0.3) is 0 Å². The van der Waals surface area contributed by atoms with E-state index in [2.05, 4.69) is 26.3 Å². The van der Waals surface area contributed by atoms with Gasteiger partial charge in [-0.1, -0.05) is 51.9 Å². The van der Waals surface area contributed by atoms with Crippen LogP contribution in [-0.4, -0.2) is 105 Å². The van der Waals surface area contributed by atoms with Gasteiger partial charge in [0, 0.05) is 30.5 Å². The Balaban J connectivity index is 2.63. The topological polar surface area (TPSA) is 282 Å². The van der Waals surface area contributed by atoms with Crippen LogP contribution in [0.1, 0.15) is 45.6 Å². The first kappa shape index (κ1) is 39.7. The minimum atomic E-state index is -1.62. The standard InChI is InChI=1S/C29H43N9O8S2/c1-16(39)35-19-15-47-48-29(2,3)23(24(30)43)37-25(44)18(12-22(41)42)36-21(40)13-34-26(45)20(10-7-11-33-28(31)32)38(27(19)46)14-17-8-5-4-6-9-17/h4-6,8-9,18-20,23H,7,10-15H2,1-3H3,(H2,30,43)(H,34,45)(H,35,39)(H,36,40)(H,37,44)(H,41,42)(H4,31,32,33)/t18-,19-,20-,23+/m0/s1. The van der Waals surface area contributed by atoms with Crippen LogP contribution in [0.4, 0.5) is 0 Å². The van der Waals surface area contributed by atoms with Crippen molar-refractivity contribution < 1.29 is 38.7 Å². The molecule has 11 N–H and O–H groups in total. The third kappa shape index (κ3) is 12.9. The van der Waals surface area contributed by atoms with E-state index in [1.165, 1.54) is 11.8 Å². The molecule has 0 aliphatic carbocycles. The largest absolute Gasteiger partial charge is 0.481 e. The quantitative estimate of drug-likeness (QED) is 0.0576. The van der Waals surface area contributed by atoms with Crippen LogP contribution in [0.15, 0.2) is 35.3 Å². The molecule has 1 heterocycles. The van der Waals surface area contributed by atoms with E-state index in [1.54, 1.807) is 44.2 Å². The number of carbonyl (C=O) groups is 7. The van der Waals surface area contributed by atoms with Crippen molar-refractivity contribution in [3.63, 3.8) is 0 Å². The van der Waals surface area contributed by atoms with E-state index in [-0.39, 0.29) is 37.6 Å². The summed E-state index contributed by atoms with van der Waals surface area (Å²) in [4.78, 5) is 95.7. The van der Waals surface area contributed by atoms with Crippen LogP contribution >= 0.6 is 21.6 Å². The van der Waals surface area contributed by atoms with E-state index >= 15 is 0 Å². The number of nitrogens with two attached hydrogens (primary N) is 3. The molecule has 1 aromatic carbocycles. The zero-order chi connectivity index (χ0) is 36.0. The minimum absolute atomic E-state index is 0.0265. The van der Waals surface area contributed by atoms with Crippen molar-refractivity contribution in [2.45, 2.75) is 75.5 Å². The number of carbonyl (C=O) groups excluding carboxylic acids is 6. The Kier molecular flexibility index (Phi) is 15.5. The number of aliphatic carboxylic acids is 1. The monoisotopic (exact) mass is 709 g/mol. The van der Waals surface area contributed by atoms with Crippen molar-refractivity contribution >= 4 is 69.0 Å². The second-order valence-electron chi connectivity index (χ2n) is 11.4. The number of hydrogen-bond donors (Lipinski definition) is 8. The summed E-state index contributed by atoms with van der Waals surface area (Å²) in [5, 5.41) is 19.2. The van der Waals surface area contributed by atoms with Crippen LogP contribution in [-0.2, 0) is 40.1 Å². The van der Waals surface area contributed by atoms with Crippen molar-refractivity contribution in [2.24, 2.45) is 22.2 Å². The lowest BCUT2D eigenvalue weighted by Gasteiger charge is -2.35. The fourth-order valence-electron chi connectivity index (χ4n) is 4.71. The number of nitrogens with zero attached hydrogens (tertiary/aromatic N) is 2. The Labute approximate surface area is 285 Å². The first-order valence-corrected chi connectivity index (χ1v) is 17.2. The Bertz CT molecular complexity index is 1380. The van der Waals surface area contributed by atoms with Crippen molar-refractivity contribution in [1.82, 2.24) is 26.2 Å². The molecule has 1 aromatic rings. The lowest BCUT2D eigenvalue weighted by molar-refractivity contribution is -0.144. The molecule has 0 aromatic heterocycles. The summed E-state index contributed by atoms with van der Waals surface area (Å²) in [7, 11) is 2.20. The van der Waals surface area contributed by atoms with Crippen LogP contribution in [0.2, 0.25) is 0 Å². The van der Waals surface area contributed by atoms with Gasteiger partial charge < -0.3 is 48.5 Å². The fraction of sp³-hybridized carbons (Fsp3) is 0.517. The molecular weight excluding hydrogens is 667 g/mol. The summed E-state index contributed by atoms with van der Waals surface area (Å²) in [5.41, 5.74) is 17.2. The number of primary amides is 1. The van der Waals surface area contributed by atoms with Crippen molar-refractivity contribution in [2.75, 3.05) is 18.8 Å². The minimum Gasteiger partial charge on any atom is -0.481 e. The van der Waals surface area contributed by atoms with Crippen molar-refractivity contribution in [3.8, 4) is 0 Å². The van der Waals surface area contributed by atoms with Crippen LogP contribution in [0.3, 0.4) is 0 Å². The van der Waals surface area contributed by atoms with Gasteiger partial charge in [-0.3, -0.25) is 38.6 Å². The lowest BCUT2D eigenvalue weighted by Crippen LogP contribution is -2.60. The third-order valence-electron chi connectivity index (χ3n) is 6.99. The van der Waals surface area contributed by atoms with E-state index in [0.717, 1.165) is 21.6 Å². The summed E-state index contributed by atoms with van der Waals surface area (Å²) in [6, 6.07) is 3.53. The van der Waals surface area contributed by atoms with Crippen LogP contribution in [0.5, 0.6) is 0 Å². The zero-order valence-corrected chi connectivity index (χ0v) is 28.5. The van der Waals surface area contributed by atoms with Crippen molar-refractivity contribution in [3.05, 3.63) is 35.9 Å². The molecule has 0 bridgehead atoms. The predicted molar refractivity (Wildman–Crippen MR) is 181 cm³/mol. The van der Waals surface area contributed by atoms with Crippen LogP contribution < -0.4 is 38.5 Å². The van der Waals surface area contributed by atoms with Gasteiger partial charge in [-0.15, -0.1) is 0 Å². The molecule has 1 saturated heterocycles. The molecule has 264 valence electrons. The summed E-state index contributed by atoms with van der Waals surface area (Å²) in [6.45, 7) is 3.84. The zero-order valence-electron chi connectivity index (χ0n) is 26.9. The Morgan fingerprint density at radius 1 is 1.06 bits per heavy atom. The van der Waals surface area contributed by atoms with E-state index in [1.807, 2.05) is 0 Å². The SMILES string of the molecule is CC(=O)N[C@H]1CSSC(C)(C)[C@@H](C(N)=O)NC(=O)[C@H](CC(=O)O)NC(=O)CNC(=O)[C@H](CCCN=C(N)N)N(Cc2ccccc2)C1=O. The number of aliphatic imine (C=N–C) groups is 1. The Morgan fingerprint density at radius 3 is 2.31 bits per heavy atom. The molecule has 6 amide bonds. The molecule has 1 aliphatic heterocycles. The molecule has 1 fully saturated rings. The lowest BCUT2D eigenvalue weighted by atomic mass is 10.0. The molecule has 48 heavy (non-hydrogen) atoms. The number of carboxylic acid groups (broad SMARTS) is 1. The summed E-state index contributed by atoms with van der Waals surface area (Å²) < 4.78 is -1.13. The molecule has 0 spiro atoms. The van der Waals surface area contributed by atoms with Gasteiger partial charge in [0.1, 0.15) is 24.2 Å². The molecule has 19 heteroatoms. The molecule has 0 unspecified atom stereocenters. The molecule has 17 nitrogen and oxygen atoms in total. The second-order valence-corrected chi connectivity index (χ2v) is 14.4. The van der Waals surface area contributed by atoms with Gasteiger partial charge in [-0.05, 0) is 32.3 Å². The highest BCUT2D eigenvalue weighted by molar-refractivity contribution is 8.77. The second kappa shape index (κ2) is 18.7. The van der Waals surface area contributed by atoms with Gasteiger partial charge in [-0.25, -0.2) is 0 Å². The average molecular weight is 710 g/mol. The van der Waals surface area contributed by atoms with E-state index < -0.39 is 83.3 Å². The highest BCUT2D eigenvalue weighted by Gasteiger charge is 2.40. The number of nitrogens with one attached hydrogen (secondary N) is 4. The average Bonchev–Trinajstić information content (AvgIpc) is 2.99. The Hall–Kier alpha value is -4.52. The number of carboxylic acids is 1. The van der Waals surface area contributed by atoms with E-state index in [4.69, 9.17) is 17.2 Å². The first-order valence-electron chi connectivity index (χ1n) is 14.9. The van der Waals surface area contributed by atoms with Crippen LogP contribution in [0, 0.1) is 0 Å². The van der Waals surface area contributed by atoms with Gasteiger partial charge >= 0.3 is 5.97 Å².